The van der Waals surface area contributed by atoms with Gasteiger partial charge in [-0.2, -0.15) is 0 Å². The van der Waals surface area contributed by atoms with Crippen molar-refractivity contribution < 1.29 is 14.5 Å². The van der Waals surface area contributed by atoms with E-state index in [2.05, 4.69) is 5.32 Å². The molecule has 6 heteroatoms. The summed E-state index contributed by atoms with van der Waals surface area (Å²) in [6.07, 6.45) is 0. The van der Waals surface area contributed by atoms with Gasteiger partial charge in [0.1, 0.15) is 5.75 Å². The summed E-state index contributed by atoms with van der Waals surface area (Å²) in [5, 5.41) is 13.6. The van der Waals surface area contributed by atoms with Gasteiger partial charge in [-0.25, -0.2) is 0 Å². The number of carbonyl (C=O) groups is 1. The van der Waals surface area contributed by atoms with Gasteiger partial charge in [0.05, 0.1) is 22.8 Å². The molecule has 1 N–H and O–H groups in total. The highest BCUT2D eigenvalue weighted by Gasteiger charge is 2.15. The Hall–Kier alpha value is -2.89. The molecule has 0 saturated heterocycles. The SMILES string of the molecule is CCOc1ccc(C(=O)Nc2cccc([N+](=O)[O-])c2C)cc1. The Morgan fingerprint density at radius 3 is 2.50 bits per heavy atom. The van der Waals surface area contributed by atoms with E-state index in [1.165, 1.54) is 6.07 Å². The molecule has 0 fully saturated rings. The molecule has 0 radical (unpaired) electrons. The molecule has 0 spiro atoms. The minimum Gasteiger partial charge on any atom is -0.494 e. The number of carbonyl (C=O) groups excluding carboxylic acids is 1. The number of nitro benzene ring substituents is 1. The van der Waals surface area contributed by atoms with E-state index in [4.69, 9.17) is 4.74 Å². The molecule has 2 aromatic carbocycles. The van der Waals surface area contributed by atoms with Crippen LogP contribution in [-0.2, 0) is 0 Å². The Labute approximate surface area is 127 Å². The lowest BCUT2D eigenvalue weighted by Gasteiger charge is -2.09. The summed E-state index contributed by atoms with van der Waals surface area (Å²) in [6.45, 7) is 4.04. The van der Waals surface area contributed by atoms with Crippen molar-refractivity contribution in [1.29, 1.82) is 0 Å². The van der Waals surface area contributed by atoms with Crippen LogP contribution in [0.2, 0.25) is 0 Å². The van der Waals surface area contributed by atoms with Crippen LogP contribution >= 0.6 is 0 Å². The summed E-state index contributed by atoms with van der Waals surface area (Å²) in [5.41, 5.74) is 1.28. The molecule has 0 saturated carbocycles. The molecule has 2 aromatic rings. The molecule has 0 aromatic heterocycles. The van der Waals surface area contributed by atoms with Crippen LogP contribution in [0.3, 0.4) is 0 Å². The Morgan fingerprint density at radius 1 is 1.23 bits per heavy atom. The van der Waals surface area contributed by atoms with Crippen molar-refractivity contribution in [3.63, 3.8) is 0 Å². The molecule has 22 heavy (non-hydrogen) atoms. The molecule has 1 amide bonds. The number of anilines is 1. The van der Waals surface area contributed by atoms with Gasteiger partial charge in [-0.05, 0) is 44.2 Å². The number of nitrogens with one attached hydrogen (secondary N) is 1. The summed E-state index contributed by atoms with van der Waals surface area (Å²) in [6, 6.07) is 11.3. The Morgan fingerprint density at radius 2 is 1.91 bits per heavy atom. The maximum atomic E-state index is 12.2. The van der Waals surface area contributed by atoms with Crippen molar-refractivity contribution in [1.82, 2.24) is 0 Å². The Balaban J connectivity index is 2.18. The molecule has 0 heterocycles. The molecule has 0 unspecified atom stereocenters. The van der Waals surface area contributed by atoms with Gasteiger partial charge in [0.2, 0.25) is 0 Å². The smallest absolute Gasteiger partial charge is 0.274 e. The fourth-order valence-electron chi connectivity index (χ4n) is 2.02. The number of nitrogens with zero attached hydrogens (tertiary/aromatic N) is 1. The van der Waals surface area contributed by atoms with Crippen LogP contribution in [-0.4, -0.2) is 17.4 Å². The predicted molar refractivity (Wildman–Crippen MR) is 83.4 cm³/mol. The standard InChI is InChI=1S/C16H16N2O4/c1-3-22-13-9-7-12(8-10-13)16(19)17-14-5-4-6-15(11(14)2)18(20)21/h4-10H,3H2,1-2H3,(H,17,19). The van der Waals surface area contributed by atoms with Gasteiger partial charge in [-0.3, -0.25) is 14.9 Å². The maximum Gasteiger partial charge on any atom is 0.274 e. The normalized spacial score (nSPS) is 10.1. The summed E-state index contributed by atoms with van der Waals surface area (Å²) >= 11 is 0. The van der Waals surface area contributed by atoms with Crippen molar-refractivity contribution >= 4 is 17.3 Å². The molecular weight excluding hydrogens is 284 g/mol. The fraction of sp³-hybridized carbons (Fsp3) is 0.188. The first-order valence-electron chi connectivity index (χ1n) is 6.81. The number of amides is 1. The lowest BCUT2D eigenvalue weighted by molar-refractivity contribution is -0.385. The van der Waals surface area contributed by atoms with Crippen molar-refractivity contribution in [2.24, 2.45) is 0 Å². The summed E-state index contributed by atoms with van der Waals surface area (Å²) in [7, 11) is 0. The van der Waals surface area contributed by atoms with Crippen molar-refractivity contribution in [3.05, 3.63) is 63.7 Å². The average molecular weight is 300 g/mol. The number of hydrogen-bond acceptors (Lipinski definition) is 4. The second-order valence-corrected chi connectivity index (χ2v) is 4.62. The van der Waals surface area contributed by atoms with Crippen LogP contribution in [0.4, 0.5) is 11.4 Å². The predicted octanol–water partition coefficient (Wildman–Crippen LogP) is 3.55. The molecular formula is C16H16N2O4. The van der Waals surface area contributed by atoms with E-state index in [0.29, 0.717) is 29.2 Å². The van der Waals surface area contributed by atoms with Crippen molar-refractivity contribution in [2.45, 2.75) is 13.8 Å². The number of ether oxygens (including phenoxy) is 1. The first-order chi connectivity index (χ1) is 10.5. The van der Waals surface area contributed by atoms with E-state index in [9.17, 15) is 14.9 Å². The number of nitro groups is 1. The highest BCUT2D eigenvalue weighted by atomic mass is 16.6. The Bertz CT molecular complexity index is 696. The second-order valence-electron chi connectivity index (χ2n) is 4.62. The lowest BCUT2D eigenvalue weighted by Crippen LogP contribution is -2.13. The van der Waals surface area contributed by atoms with Crippen LogP contribution in [0.5, 0.6) is 5.75 Å². The average Bonchev–Trinajstić information content (AvgIpc) is 2.50. The first-order valence-corrected chi connectivity index (χ1v) is 6.81. The summed E-state index contributed by atoms with van der Waals surface area (Å²) < 4.78 is 5.31. The van der Waals surface area contributed by atoms with Crippen LogP contribution in [0.25, 0.3) is 0 Å². The molecule has 0 aliphatic heterocycles. The third-order valence-corrected chi connectivity index (χ3v) is 3.18. The van der Waals surface area contributed by atoms with Crippen LogP contribution in [0.15, 0.2) is 42.5 Å². The van der Waals surface area contributed by atoms with Gasteiger partial charge >= 0.3 is 0 Å². The molecule has 0 bridgehead atoms. The van der Waals surface area contributed by atoms with E-state index in [0.717, 1.165) is 0 Å². The maximum absolute atomic E-state index is 12.2. The van der Waals surface area contributed by atoms with Gasteiger partial charge in [0.25, 0.3) is 11.6 Å². The third kappa shape index (κ3) is 3.41. The van der Waals surface area contributed by atoms with E-state index in [1.54, 1.807) is 43.3 Å². The molecule has 114 valence electrons. The summed E-state index contributed by atoms with van der Waals surface area (Å²) in [4.78, 5) is 22.6. The zero-order valence-corrected chi connectivity index (χ0v) is 12.3. The molecule has 0 atom stereocenters. The van der Waals surface area contributed by atoms with Crippen molar-refractivity contribution in [2.75, 3.05) is 11.9 Å². The second kappa shape index (κ2) is 6.71. The lowest BCUT2D eigenvalue weighted by atomic mass is 10.1. The van der Waals surface area contributed by atoms with Crippen LogP contribution < -0.4 is 10.1 Å². The molecule has 0 aliphatic rings. The number of rotatable bonds is 5. The quantitative estimate of drug-likeness (QED) is 0.676. The third-order valence-electron chi connectivity index (χ3n) is 3.18. The topological polar surface area (TPSA) is 81.5 Å². The first kappa shape index (κ1) is 15.5. The van der Waals surface area contributed by atoms with Crippen LogP contribution in [0, 0.1) is 17.0 Å². The van der Waals surface area contributed by atoms with Gasteiger partial charge in [0.15, 0.2) is 0 Å². The minimum absolute atomic E-state index is 0.0236. The monoisotopic (exact) mass is 300 g/mol. The fourth-order valence-corrected chi connectivity index (χ4v) is 2.02. The largest absolute Gasteiger partial charge is 0.494 e. The highest BCUT2D eigenvalue weighted by Crippen LogP contribution is 2.25. The van der Waals surface area contributed by atoms with E-state index < -0.39 is 4.92 Å². The molecule has 0 aliphatic carbocycles. The van der Waals surface area contributed by atoms with E-state index in [-0.39, 0.29) is 11.6 Å². The zero-order valence-electron chi connectivity index (χ0n) is 12.3. The molecule has 6 nitrogen and oxygen atoms in total. The number of hydrogen-bond donors (Lipinski definition) is 1. The van der Waals surface area contributed by atoms with Crippen LogP contribution in [0.1, 0.15) is 22.8 Å². The number of benzene rings is 2. The minimum atomic E-state index is -0.470. The summed E-state index contributed by atoms with van der Waals surface area (Å²) in [5.74, 6) is 0.359. The van der Waals surface area contributed by atoms with Gasteiger partial charge in [0, 0.05) is 11.6 Å². The van der Waals surface area contributed by atoms with Gasteiger partial charge < -0.3 is 10.1 Å². The van der Waals surface area contributed by atoms with Crippen molar-refractivity contribution in [3.8, 4) is 5.75 Å². The molecule has 2 rings (SSSR count). The zero-order chi connectivity index (χ0) is 16.1. The van der Waals surface area contributed by atoms with E-state index in [1.807, 2.05) is 6.92 Å². The highest BCUT2D eigenvalue weighted by molar-refractivity contribution is 6.04. The van der Waals surface area contributed by atoms with E-state index >= 15 is 0 Å². The Kier molecular flexibility index (Phi) is 4.73. The van der Waals surface area contributed by atoms with Gasteiger partial charge in [-0.15, -0.1) is 0 Å². The van der Waals surface area contributed by atoms with Gasteiger partial charge in [-0.1, -0.05) is 6.07 Å².